The average Bonchev–Trinajstić information content (AvgIpc) is 2.75. The molecular formula is C14H9FOS. The summed E-state index contributed by atoms with van der Waals surface area (Å²) < 4.78 is 13.0. The van der Waals surface area contributed by atoms with Crippen molar-refractivity contribution in [2.45, 2.75) is 0 Å². The zero-order valence-corrected chi connectivity index (χ0v) is 9.67. The van der Waals surface area contributed by atoms with Crippen LogP contribution in [0.5, 0.6) is 5.75 Å². The SMILES string of the molecule is Oc1ccc2cc(-c3cc(F)cs3)ccc2c1. The van der Waals surface area contributed by atoms with Gasteiger partial charge in [-0.3, -0.25) is 0 Å². The molecule has 0 unspecified atom stereocenters. The standard InChI is InChI=1S/C14H9FOS/c15-12-7-14(17-8-12)11-2-1-10-6-13(16)4-3-9(10)5-11/h1-8,16H. The Hall–Kier alpha value is -1.87. The van der Waals surface area contributed by atoms with Crippen molar-refractivity contribution in [3.63, 3.8) is 0 Å². The topological polar surface area (TPSA) is 20.2 Å². The molecule has 1 aromatic heterocycles. The lowest BCUT2D eigenvalue weighted by molar-refractivity contribution is 0.476. The quantitative estimate of drug-likeness (QED) is 0.672. The number of aromatic hydroxyl groups is 1. The summed E-state index contributed by atoms with van der Waals surface area (Å²) in [6.07, 6.45) is 0. The van der Waals surface area contributed by atoms with Gasteiger partial charge in [0.1, 0.15) is 11.6 Å². The maximum absolute atomic E-state index is 13.0. The molecule has 0 aliphatic carbocycles. The minimum Gasteiger partial charge on any atom is -0.508 e. The molecule has 0 atom stereocenters. The van der Waals surface area contributed by atoms with Crippen LogP contribution in [-0.2, 0) is 0 Å². The number of benzene rings is 2. The van der Waals surface area contributed by atoms with Crippen molar-refractivity contribution in [2.75, 3.05) is 0 Å². The summed E-state index contributed by atoms with van der Waals surface area (Å²) in [6, 6.07) is 12.6. The average molecular weight is 244 g/mol. The Morgan fingerprint density at radius 3 is 2.47 bits per heavy atom. The van der Waals surface area contributed by atoms with Crippen LogP contribution in [0.15, 0.2) is 47.8 Å². The van der Waals surface area contributed by atoms with E-state index in [0.29, 0.717) is 0 Å². The van der Waals surface area contributed by atoms with Gasteiger partial charge < -0.3 is 5.11 Å². The van der Waals surface area contributed by atoms with Gasteiger partial charge in [-0.05, 0) is 40.6 Å². The molecule has 3 rings (SSSR count). The first-order valence-electron chi connectivity index (χ1n) is 5.19. The first-order chi connectivity index (χ1) is 8.22. The largest absolute Gasteiger partial charge is 0.508 e. The third-order valence-electron chi connectivity index (χ3n) is 2.68. The van der Waals surface area contributed by atoms with Crippen molar-refractivity contribution in [2.24, 2.45) is 0 Å². The summed E-state index contributed by atoms with van der Waals surface area (Å²) in [6.45, 7) is 0. The number of phenolic OH excluding ortho intramolecular Hbond substituents is 1. The second-order valence-corrected chi connectivity index (χ2v) is 4.79. The zero-order valence-electron chi connectivity index (χ0n) is 8.85. The van der Waals surface area contributed by atoms with E-state index in [4.69, 9.17) is 0 Å². The van der Waals surface area contributed by atoms with Gasteiger partial charge in [-0.2, -0.15) is 0 Å². The lowest BCUT2D eigenvalue weighted by Gasteiger charge is -2.02. The summed E-state index contributed by atoms with van der Waals surface area (Å²) in [7, 11) is 0. The monoisotopic (exact) mass is 244 g/mol. The van der Waals surface area contributed by atoms with E-state index >= 15 is 0 Å². The van der Waals surface area contributed by atoms with Gasteiger partial charge in [-0.15, -0.1) is 11.3 Å². The predicted octanol–water partition coefficient (Wildman–Crippen LogP) is 4.41. The Morgan fingerprint density at radius 2 is 1.71 bits per heavy atom. The molecule has 0 aliphatic rings. The van der Waals surface area contributed by atoms with E-state index in [1.165, 1.54) is 22.8 Å². The molecule has 0 bridgehead atoms. The molecule has 0 fully saturated rings. The third-order valence-corrected chi connectivity index (χ3v) is 3.63. The van der Waals surface area contributed by atoms with Crippen molar-refractivity contribution in [3.8, 4) is 16.2 Å². The van der Waals surface area contributed by atoms with Gasteiger partial charge in [0.2, 0.25) is 0 Å². The van der Waals surface area contributed by atoms with E-state index < -0.39 is 0 Å². The number of rotatable bonds is 1. The summed E-state index contributed by atoms with van der Waals surface area (Å²) in [4.78, 5) is 0.914. The fraction of sp³-hybridized carbons (Fsp3) is 0. The summed E-state index contributed by atoms with van der Waals surface area (Å²) in [5.74, 6) is 0.0585. The van der Waals surface area contributed by atoms with E-state index in [1.807, 2.05) is 24.3 Å². The molecule has 1 nitrogen and oxygen atoms in total. The molecular weight excluding hydrogens is 235 g/mol. The fourth-order valence-electron chi connectivity index (χ4n) is 1.85. The van der Waals surface area contributed by atoms with Crippen LogP contribution >= 0.6 is 11.3 Å². The second kappa shape index (κ2) is 3.86. The van der Waals surface area contributed by atoms with Gasteiger partial charge in [-0.1, -0.05) is 18.2 Å². The van der Waals surface area contributed by atoms with Crippen LogP contribution in [0.1, 0.15) is 0 Å². The van der Waals surface area contributed by atoms with E-state index in [-0.39, 0.29) is 11.6 Å². The minimum absolute atomic E-state index is 0.198. The van der Waals surface area contributed by atoms with E-state index in [2.05, 4.69) is 0 Å². The molecule has 0 amide bonds. The molecule has 0 radical (unpaired) electrons. The number of thiophene rings is 1. The van der Waals surface area contributed by atoms with Crippen molar-refractivity contribution >= 4 is 22.1 Å². The van der Waals surface area contributed by atoms with Crippen LogP contribution in [0.25, 0.3) is 21.2 Å². The molecule has 2 aromatic carbocycles. The molecule has 3 heteroatoms. The van der Waals surface area contributed by atoms with Gasteiger partial charge in [-0.25, -0.2) is 4.39 Å². The van der Waals surface area contributed by atoms with Crippen LogP contribution in [0.2, 0.25) is 0 Å². The number of hydrogen-bond acceptors (Lipinski definition) is 2. The molecule has 0 saturated carbocycles. The molecule has 0 aliphatic heterocycles. The summed E-state index contributed by atoms with van der Waals surface area (Å²) >= 11 is 1.39. The minimum atomic E-state index is -0.198. The van der Waals surface area contributed by atoms with Gasteiger partial charge >= 0.3 is 0 Å². The second-order valence-electron chi connectivity index (χ2n) is 3.88. The lowest BCUT2D eigenvalue weighted by atomic mass is 10.1. The highest BCUT2D eigenvalue weighted by Gasteiger charge is 2.03. The molecule has 3 aromatic rings. The van der Waals surface area contributed by atoms with Crippen molar-refractivity contribution in [1.29, 1.82) is 0 Å². The lowest BCUT2D eigenvalue weighted by Crippen LogP contribution is -1.76. The van der Waals surface area contributed by atoms with Crippen LogP contribution in [-0.4, -0.2) is 5.11 Å². The van der Waals surface area contributed by atoms with Crippen molar-refractivity contribution in [3.05, 3.63) is 53.7 Å². The van der Waals surface area contributed by atoms with Gasteiger partial charge in [0.05, 0.1) is 0 Å². The normalized spacial score (nSPS) is 10.9. The Bertz CT molecular complexity index is 688. The number of hydrogen-bond donors (Lipinski definition) is 1. The molecule has 0 spiro atoms. The smallest absolute Gasteiger partial charge is 0.134 e. The van der Waals surface area contributed by atoms with Gasteiger partial charge in [0.25, 0.3) is 0 Å². The highest BCUT2D eigenvalue weighted by molar-refractivity contribution is 7.13. The first-order valence-corrected chi connectivity index (χ1v) is 6.07. The molecule has 84 valence electrons. The van der Waals surface area contributed by atoms with Gasteiger partial charge in [0.15, 0.2) is 0 Å². The van der Waals surface area contributed by atoms with Crippen LogP contribution in [0.3, 0.4) is 0 Å². The van der Waals surface area contributed by atoms with Crippen LogP contribution < -0.4 is 0 Å². The maximum Gasteiger partial charge on any atom is 0.134 e. The van der Waals surface area contributed by atoms with E-state index in [0.717, 1.165) is 21.2 Å². The summed E-state index contributed by atoms with van der Waals surface area (Å²) in [5.41, 5.74) is 0.997. The highest BCUT2D eigenvalue weighted by Crippen LogP contribution is 2.30. The van der Waals surface area contributed by atoms with E-state index in [9.17, 15) is 9.50 Å². The Labute approximate surface area is 102 Å². The third kappa shape index (κ3) is 1.89. The number of halogens is 1. The van der Waals surface area contributed by atoms with Crippen molar-refractivity contribution < 1.29 is 9.50 Å². The zero-order chi connectivity index (χ0) is 11.8. The molecule has 1 N–H and O–H groups in total. The molecule has 1 heterocycles. The molecule has 0 saturated heterocycles. The van der Waals surface area contributed by atoms with E-state index in [1.54, 1.807) is 12.1 Å². The predicted molar refractivity (Wildman–Crippen MR) is 68.9 cm³/mol. The Balaban J connectivity index is 2.16. The maximum atomic E-state index is 13.0. The summed E-state index contributed by atoms with van der Waals surface area (Å²) in [5, 5.41) is 12.9. The Morgan fingerprint density at radius 1 is 0.941 bits per heavy atom. The van der Waals surface area contributed by atoms with Crippen LogP contribution in [0, 0.1) is 5.82 Å². The highest BCUT2D eigenvalue weighted by atomic mass is 32.1. The molecule has 17 heavy (non-hydrogen) atoms. The number of fused-ring (bicyclic) bond motifs is 1. The number of phenols is 1. The van der Waals surface area contributed by atoms with Crippen LogP contribution in [0.4, 0.5) is 4.39 Å². The van der Waals surface area contributed by atoms with Gasteiger partial charge in [0, 0.05) is 10.3 Å². The Kier molecular flexibility index (Phi) is 2.34. The fourth-order valence-corrected chi connectivity index (χ4v) is 2.60. The van der Waals surface area contributed by atoms with Crippen molar-refractivity contribution in [1.82, 2.24) is 0 Å². The first kappa shape index (κ1) is 10.3.